The van der Waals surface area contributed by atoms with Crippen molar-refractivity contribution in [1.29, 1.82) is 0 Å². The SMILES string of the molecule is CO[C@H]1C=CO[C@@]2(C)Oc3c(C)c(O)c4c(c3C2=O)C(=O)C(I)=C(NC(=O)C(C)=CC=C[C@H](C)[C@H]2OC(C)(C)O[C@@H]([C@H](C)[C@H](OC(C)=O)[C@@H]1C)[C@@H]2C)C4=O. The van der Waals surface area contributed by atoms with Crippen LogP contribution >= 0.6 is 22.6 Å². The number of fused-ring (bicyclic) bond motifs is 10. The summed E-state index contributed by atoms with van der Waals surface area (Å²) in [5.41, 5.74) is -1.03. The average molecular weight is 862 g/mol. The van der Waals surface area contributed by atoms with Crippen molar-refractivity contribution in [2.24, 2.45) is 23.7 Å². The van der Waals surface area contributed by atoms with Gasteiger partial charge in [-0.15, -0.1) is 0 Å². The molecule has 1 aliphatic carbocycles. The van der Waals surface area contributed by atoms with Crippen LogP contribution in [0.25, 0.3) is 0 Å². The Labute approximate surface area is 328 Å². The van der Waals surface area contributed by atoms with Crippen molar-refractivity contribution in [2.45, 2.75) is 105 Å². The van der Waals surface area contributed by atoms with Crippen LogP contribution in [0.15, 0.2) is 45.4 Å². The zero-order valence-corrected chi connectivity index (χ0v) is 34.5. The Balaban J connectivity index is 1.64. The van der Waals surface area contributed by atoms with Crippen LogP contribution < -0.4 is 10.1 Å². The van der Waals surface area contributed by atoms with Crippen molar-refractivity contribution in [3.63, 3.8) is 0 Å². The van der Waals surface area contributed by atoms with Crippen LogP contribution in [0.4, 0.5) is 0 Å². The van der Waals surface area contributed by atoms with Crippen molar-refractivity contribution in [1.82, 2.24) is 5.32 Å². The molecule has 0 unspecified atom stereocenters. The van der Waals surface area contributed by atoms with Crippen LogP contribution in [-0.2, 0) is 33.3 Å². The molecule has 54 heavy (non-hydrogen) atoms. The molecular formula is C40H48INO12. The van der Waals surface area contributed by atoms with Crippen LogP contribution in [0.1, 0.15) is 99.0 Å². The van der Waals surface area contributed by atoms with Gasteiger partial charge in [0.25, 0.3) is 11.7 Å². The quantitative estimate of drug-likeness (QED) is 0.256. The van der Waals surface area contributed by atoms with E-state index in [1.165, 1.54) is 34.1 Å². The smallest absolute Gasteiger partial charge is 0.312 e. The molecule has 6 rings (SSSR count). The number of ether oxygens (including phenoxy) is 6. The number of amides is 1. The third-order valence-electron chi connectivity index (χ3n) is 10.7. The standard InChI is InChI=1S/C40H48INO12/c1-17-13-12-14-18(2)38(48)42-29-28(41)31(45)25-26(32(29)46)30(44)20(4)36-27(25)37(47)40(10,54-36)50-16-15-24(49-11)19(3)34(51-23(7)43)22(6)35-21(5)33(17)52-39(8,9)53-35/h12-17,19,21-22,24,33-35,44H,1-11H3,(H,42,48)/t17-,19+,21+,22+,24-,33+,34+,35+,40-/m0/s1. The first-order valence-corrected chi connectivity index (χ1v) is 18.9. The first-order chi connectivity index (χ1) is 25.2. The van der Waals surface area contributed by atoms with Crippen LogP contribution in [-0.4, -0.2) is 77.4 Å². The first kappa shape index (κ1) is 41.3. The lowest BCUT2D eigenvalue weighted by atomic mass is 9.77. The number of carbonyl (C=O) groups is 5. The number of rotatable bonds is 2. The number of nitrogens with one attached hydrogen (secondary N) is 1. The van der Waals surface area contributed by atoms with Gasteiger partial charge in [-0.05, 0) is 56.4 Å². The van der Waals surface area contributed by atoms with Crippen LogP contribution in [0, 0.1) is 30.6 Å². The molecule has 9 atom stereocenters. The van der Waals surface area contributed by atoms with Gasteiger partial charge >= 0.3 is 11.8 Å². The molecule has 0 saturated carbocycles. The number of phenols is 1. The maximum atomic E-state index is 14.1. The Bertz CT molecular complexity index is 1910. The van der Waals surface area contributed by atoms with Gasteiger partial charge in [0.05, 0.1) is 44.8 Å². The van der Waals surface area contributed by atoms with Gasteiger partial charge < -0.3 is 38.8 Å². The number of hydrogen-bond acceptors (Lipinski definition) is 12. The number of benzene rings is 1. The molecule has 13 nitrogen and oxygen atoms in total. The number of carbonyl (C=O) groups excluding carboxylic acids is 5. The molecule has 4 aliphatic heterocycles. The molecule has 0 spiro atoms. The molecule has 0 aromatic heterocycles. The van der Waals surface area contributed by atoms with Crippen molar-refractivity contribution in [2.75, 3.05) is 7.11 Å². The lowest BCUT2D eigenvalue weighted by Gasteiger charge is -2.50. The molecular weight excluding hydrogens is 813 g/mol. The first-order valence-electron chi connectivity index (χ1n) is 17.8. The minimum absolute atomic E-state index is 0.0356. The maximum Gasteiger partial charge on any atom is 0.312 e. The van der Waals surface area contributed by atoms with Gasteiger partial charge in [-0.3, -0.25) is 24.0 Å². The van der Waals surface area contributed by atoms with Gasteiger partial charge in [0.1, 0.15) is 23.3 Å². The average Bonchev–Trinajstić information content (AvgIpc) is 3.37. The summed E-state index contributed by atoms with van der Waals surface area (Å²) < 4.78 is 36.6. The van der Waals surface area contributed by atoms with Crippen molar-refractivity contribution in [3.05, 3.63) is 67.7 Å². The van der Waals surface area contributed by atoms with Gasteiger partial charge in [-0.1, -0.05) is 45.9 Å². The van der Waals surface area contributed by atoms with Crippen molar-refractivity contribution < 1.29 is 57.5 Å². The molecule has 2 N–H and O–H groups in total. The highest BCUT2D eigenvalue weighted by Gasteiger charge is 2.53. The molecule has 1 amide bonds. The number of ketones is 3. The summed E-state index contributed by atoms with van der Waals surface area (Å²) in [7, 11) is 1.49. The van der Waals surface area contributed by atoms with E-state index < -0.39 is 76.3 Å². The molecule has 0 radical (unpaired) electrons. The monoisotopic (exact) mass is 861 g/mol. The Morgan fingerprint density at radius 3 is 2.19 bits per heavy atom. The highest BCUT2D eigenvalue weighted by Crippen LogP contribution is 2.49. The van der Waals surface area contributed by atoms with Crippen molar-refractivity contribution in [3.8, 4) is 11.5 Å². The summed E-state index contributed by atoms with van der Waals surface area (Å²) in [5, 5.41) is 13.8. The van der Waals surface area contributed by atoms with E-state index in [1.807, 2.05) is 47.6 Å². The molecule has 4 heterocycles. The predicted molar refractivity (Wildman–Crippen MR) is 204 cm³/mol. The summed E-state index contributed by atoms with van der Waals surface area (Å²) in [6.45, 7) is 17.2. The third kappa shape index (κ3) is 7.41. The molecule has 7 bridgehead atoms. The minimum atomic E-state index is -2.01. The van der Waals surface area contributed by atoms with Crippen LogP contribution in [0.5, 0.6) is 11.5 Å². The fraction of sp³-hybridized carbons (Fsp3) is 0.525. The molecule has 1 aromatic carbocycles. The molecule has 1 fully saturated rings. The molecule has 5 aliphatic rings. The van der Waals surface area contributed by atoms with Crippen LogP contribution in [0.2, 0.25) is 0 Å². The second kappa shape index (κ2) is 15.3. The van der Waals surface area contributed by atoms with Gasteiger partial charge in [-0.2, -0.15) is 0 Å². The summed E-state index contributed by atoms with van der Waals surface area (Å²) >= 11 is 1.65. The van der Waals surface area contributed by atoms with E-state index in [0.29, 0.717) is 0 Å². The number of methoxy groups -OCH3 is 1. The number of Topliss-reactive ketones (excluding diaryl/α,β-unsaturated/α-hetero) is 3. The van der Waals surface area contributed by atoms with E-state index >= 15 is 0 Å². The van der Waals surface area contributed by atoms with E-state index in [-0.39, 0.29) is 61.1 Å². The number of allylic oxidation sites excluding steroid dienone is 4. The van der Waals surface area contributed by atoms with Gasteiger partial charge in [0.15, 0.2) is 5.79 Å². The van der Waals surface area contributed by atoms with E-state index in [9.17, 15) is 29.1 Å². The van der Waals surface area contributed by atoms with Gasteiger partial charge in [0, 0.05) is 55.8 Å². The third-order valence-corrected chi connectivity index (χ3v) is 11.7. The second-order valence-corrected chi connectivity index (χ2v) is 16.1. The molecule has 1 aromatic rings. The van der Waals surface area contributed by atoms with Crippen LogP contribution in [0.3, 0.4) is 0 Å². The zero-order valence-electron chi connectivity index (χ0n) is 32.3. The largest absolute Gasteiger partial charge is 0.507 e. The minimum Gasteiger partial charge on any atom is -0.507 e. The fourth-order valence-electron chi connectivity index (χ4n) is 7.74. The maximum absolute atomic E-state index is 14.1. The lowest BCUT2D eigenvalue weighted by molar-refractivity contribution is -0.336. The predicted octanol–water partition coefficient (Wildman–Crippen LogP) is 6.19. The van der Waals surface area contributed by atoms with Gasteiger partial charge in [0.2, 0.25) is 11.6 Å². The highest BCUT2D eigenvalue weighted by atomic mass is 127. The topological polar surface area (TPSA) is 173 Å². The second-order valence-electron chi connectivity index (χ2n) is 15.1. The summed E-state index contributed by atoms with van der Waals surface area (Å²) in [4.78, 5) is 67.9. The van der Waals surface area contributed by atoms with E-state index in [0.717, 1.165) is 0 Å². The summed E-state index contributed by atoms with van der Waals surface area (Å²) in [6, 6.07) is 0. The number of hydrogen-bond donors (Lipinski definition) is 2. The Morgan fingerprint density at radius 1 is 0.907 bits per heavy atom. The lowest BCUT2D eigenvalue weighted by Crippen LogP contribution is -2.56. The Morgan fingerprint density at radius 2 is 1.56 bits per heavy atom. The van der Waals surface area contributed by atoms with E-state index in [2.05, 4.69) is 5.32 Å². The highest BCUT2D eigenvalue weighted by molar-refractivity contribution is 14.1. The number of esters is 1. The van der Waals surface area contributed by atoms with E-state index in [4.69, 9.17) is 28.4 Å². The summed E-state index contributed by atoms with van der Waals surface area (Å²) in [6.07, 6.45) is 5.85. The molecule has 14 heteroatoms. The number of halogens is 1. The normalized spacial score (nSPS) is 32.9. The Hall–Kier alpha value is -3.86. The molecule has 292 valence electrons. The van der Waals surface area contributed by atoms with Gasteiger partial charge in [-0.25, -0.2) is 0 Å². The number of phenolic OH excluding ortho intramolecular Hbond substituents is 1. The Kier molecular flexibility index (Phi) is 11.7. The number of aromatic hydroxyl groups is 1. The zero-order chi connectivity index (χ0) is 40.2. The van der Waals surface area contributed by atoms with Crippen molar-refractivity contribution >= 4 is 51.8 Å². The van der Waals surface area contributed by atoms with E-state index in [1.54, 1.807) is 47.7 Å². The molecule has 1 saturated heterocycles. The fourth-order valence-corrected chi connectivity index (χ4v) is 8.39. The summed E-state index contributed by atoms with van der Waals surface area (Å²) in [5.74, 6) is -8.30.